The maximum atomic E-state index is 10.8. The van der Waals surface area contributed by atoms with Gasteiger partial charge in [0.2, 0.25) is 0 Å². The van der Waals surface area contributed by atoms with Crippen LogP contribution in [0.15, 0.2) is 12.1 Å². The molecule has 0 heterocycles. The van der Waals surface area contributed by atoms with E-state index in [4.69, 9.17) is 5.11 Å². The minimum Gasteiger partial charge on any atom is -0.507 e. The van der Waals surface area contributed by atoms with Gasteiger partial charge in [0, 0.05) is 5.56 Å². The van der Waals surface area contributed by atoms with Gasteiger partial charge in [0.1, 0.15) is 11.3 Å². The van der Waals surface area contributed by atoms with Gasteiger partial charge in [-0.05, 0) is 30.9 Å². The molecule has 0 saturated carbocycles. The number of aromatic hydroxyl groups is 1. The Morgan fingerprint density at radius 1 is 1.40 bits per heavy atom. The molecule has 0 aliphatic heterocycles. The molecule has 4 heteroatoms. The zero-order chi connectivity index (χ0) is 11.0. The minimum absolute atomic E-state index is 0.0946. The third-order valence-electron chi connectivity index (χ3n) is 2.81. The molecule has 3 N–H and O–H groups in total. The molecule has 0 aromatic heterocycles. The molecule has 1 aromatic carbocycles. The SMILES string of the molecule is O=C(O)c1ccc2c(c1O)CCC[C@H]2O. The summed E-state index contributed by atoms with van der Waals surface area (Å²) in [5, 5.41) is 28.2. The fourth-order valence-corrected chi connectivity index (χ4v) is 2.03. The topological polar surface area (TPSA) is 77.8 Å². The van der Waals surface area contributed by atoms with E-state index >= 15 is 0 Å². The number of carbonyl (C=O) groups is 1. The summed E-state index contributed by atoms with van der Waals surface area (Å²) in [4.78, 5) is 10.8. The highest BCUT2D eigenvalue weighted by Crippen LogP contribution is 2.36. The Balaban J connectivity index is 2.57. The maximum Gasteiger partial charge on any atom is 0.339 e. The van der Waals surface area contributed by atoms with Crippen molar-refractivity contribution in [3.8, 4) is 5.75 Å². The third-order valence-corrected chi connectivity index (χ3v) is 2.81. The number of hydrogen-bond donors (Lipinski definition) is 3. The predicted octanol–water partition coefficient (Wildman–Crippen LogP) is 1.46. The van der Waals surface area contributed by atoms with Crippen LogP contribution in [0.2, 0.25) is 0 Å². The molecule has 0 unspecified atom stereocenters. The lowest BCUT2D eigenvalue weighted by molar-refractivity contribution is 0.0692. The highest BCUT2D eigenvalue weighted by atomic mass is 16.4. The van der Waals surface area contributed by atoms with Crippen molar-refractivity contribution < 1.29 is 20.1 Å². The number of phenols is 1. The van der Waals surface area contributed by atoms with Gasteiger partial charge in [-0.25, -0.2) is 4.79 Å². The number of carboxylic acid groups (broad SMARTS) is 1. The number of aliphatic hydroxyl groups is 1. The molecule has 2 rings (SSSR count). The lowest BCUT2D eigenvalue weighted by Gasteiger charge is -2.22. The minimum atomic E-state index is -1.14. The van der Waals surface area contributed by atoms with Crippen molar-refractivity contribution in [3.05, 3.63) is 28.8 Å². The number of rotatable bonds is 1. The molecule has 80 valence electrons. The number of hydrogen-bond acceptors (Lipinski definition) is 3. The zero-order valence-corrected chi connectivity index (χ0v) is 8.10. The summed E-state index contributed by atoms with van der Waals surface area (Å²) in [5.41, 5.74) is 1.14. The van der Waals surface area contributed by atoms with Gasteiger partial charge in [0.15, 0.2) is 0 Å². The quantitative estimate of drug-likeness (QED) is 0.653. The van der Waals surface area contributed by atoms with Gasteiger partial charge in [-0.1, -0.05) is 6.07 Å². The van der Waals surface area contributed by atoms with Gasteiger partial charge in [-0.3, -0.25) is 0 Å². The van der Waals surface area contributed by atoms with Gasteiger partial charge in [-0.2, -0.15) is 0 Å². The number of aromatic carboxylic acids is 1. The number of fused-ring (bicyclic) bond motifs is 1. The van der Waals surface area contributed by atoms with Gasteiger partial charge in [-0.15, -0.1) is 0 Å². The molecule has 15 heavy (non-hydrogen) atoms. The van der Waals surface area contributed by atoms with Crippen molar-refractivity contribution in [2.45, 2.75) is 25.4 Å². The monoisotopic (exact) mass is 208 g/mol. The first-order chi connectivity index (χ1) is 7.11. The molecule has 0 fully saturated rings. The number of aliphatic hydroxyl groups excluding tert-OH is 1. The summed E-state index contributed by atoms with van der Waals surface area (Å²) in [6, 6.07) is 2.92. The van der Waals surface area contributed by atoms with Crippen molar-refractivity contribution in [3.63, 3.8) is 0 Å². The molecule has 0 saturated heterocycles. The fourth-order valence-electron chi connectivity index (χ4n) is 2.03. The van der Waals surface area contributed by atoms with Gasteiger partial charge < -0.3 is 15.3 Å². The molecular formula is C11H12O4. The molecule has 4 nitrogen and oxygen atoms in total. The average molecular weight is 208 g/mol. The van der Waals surface area contributed by atoms with E-state index in [0.717, 1.165) is 6.42 Å². The predicted molar refractivity (Wildman–Crippen MR) is 53.0 cm³/mol. The Morgan fingerprint density at radius 2 is 2.13 bits per heavy atom. The largest absolute Gasteiger partial charge is 0.507 e. The maximum absolute atomic E-state index is 10.8. The summed E-state index contributed by atoms with van der Waals surface area (Å²) < 4.78 is 0. The van der Waals surface area contributed by atoms with Gasteiger partial charge >= 0.3 is 5.97 Å². The van der Waals surface area contributed by atoms with Crippen LogP contribution in [0.1, 0.15) is 40.4 Å². The summed E-state index contributed by atoms with van der Waals surface area (Å²) in [6.45, 7) is 0. The van der Waals surface area contributed by atoms with Crippen molar-refractivity contribution in [1.29, 1.82) is 0 Å². The lowest BCUT2D eigenvalue weighted by atomic mass is 9.87. The summed E-state index contributed by atoms with van der Waals surface area (Å²) in [6.07, 6.45) is 1.48. The second-order valence-electron chi connectivity index (χ2n) is 3.74. The second kappa shape index (κ2) is 3.55. The van der Waals surface area contributed by atoms with Crippen LogP contribution in [0, 0.1) is 0 Å². The molecule has 0 radical (unpaired) electrons. The Labute approximate surface area is 86.8 Å². The summed E-state index contributed by atoms with van der Waals surface area (Å²) >= 11 is 0. The fraction of sp³-hybridized carbons (Fsp3) is 0.364. The molecule has 0 bridgehead atoms. The van der Waals surface area contributed by atoms with Gasteiger partial charge in [0.25, 0.3) is 0 Å². The molecule has 1 aromatic rings. The van der Waals surface area contributed by atoms with Crippen LogP contribution >= 0.6 is 0 Å². The van der Waals surface area contributed by atoms with E-state index in [-0.39, 0.29) is 11.3 Å². The highest BCUT2D eigenvalue weighted by Gasteiger charge is 2.23. The van der Waals surface area contributed by atoms with Crippen molar-refractivity contribution in [2.75, 3.05) is 0 Å². The third kappa shape index (κ3) is 1.57. The Bertz CT molecular complexity index is 411. The Hall–Kier alpha value is -1.55. The average Bonchev–Trinajstić information content (AvgIpc) is 2.19. The van der Waals surface area contributed by atoms with E-state index in [0.29, 0.717) is 24.0 Å². The first-order valence-electron chi connectivity index (χ1n) is 4.87. The molecule has 1 aliphatic carbocycles. The van der Waals surface area contributed by atoms with E-state index in [9.17, 15) is 15.0 Å². The van der Waals surface area contributed by atoms with Crippen LogP contribution in [-0.4, -0.2) is 21.3 Å². The van der Waals surface area contributed by atoms with E-state index in [1.807, 2.05) is 0 Å². The Kier molecular flexibility index (Phi) is 2.36. The number of benzene rings is 1. The smallest absolute Gasteiger partial charge is 0.339 e. The van der Waals surface area contributed by atoms with Gasteiger partial charge in [0.05, 0.1) is 6.10 Å². The van der Waals surface area contributed by atoms with E-state index in [2.05, 4.69) is 0 Å². The lowest BCUT2D eigenvalue weighted by Crippen LogP contribution is -2.11. The summed E-state index contributed by atoms with van der Waals surface area (Å²) in [5.74, 6) is -1.34. The van der Waals surface area contributed by atoms with Crippen LogP contribution in [-0.2, 0) is 6.42 Å². The molecular weight excluding hydrogens is 196 g/mol. The van der Waals surface area contributed by atoms with Crippen LogP contribution in [0.25, 0.3) is 0 Å². The van der Waals surface area contributed by atoms with E-state index in [1.54, 1.807) is 6.07 Å². The zero-order valence-electron chi connectivity index (χ0n) is 8.10. The first-order valence-corrected chi connectivity index (χ1v) is 4.87. The van der Waals surface area contributed by atoms with E-state index < -0.39 is 12.1 Å². The van der Waals surface area contributed by atoms with Crippen LogP contribution in [0.4, 0.5) is 0 Å². The standard InChI is InChI=1S/C11H12O4/c12-9-3-1-2-7-6(9)4-5-8(10(7)13)11(14)15/h4-5,9,12-13H,1-3H2,(H,14,15)/t9-/m1/s1. The van der Waals surface area contributed by atoms with E-state index in [1.165, 1.54) is 6.07 Å². The van der Waals surface area contributed by atoms with Crippen molar-refractivity contribution in [2.24, 2.45) is 0 Å². The normalized spacial score (nSPS) is 19.7. The summed E-state index contributed by atoms with van der Waals surface area (Å²) in [7, 11) is 0. The molecule has 1 atom stereocenters. The highest BCUT2D eigenvalue weighted by molar-refractivity contribution is 5.91. The molecule has 0 spiro atoms. The first kappa shape index (κ1) is 9.98. The second-order valence-corrected chi connectivity index (χ2v) is 3.74. The molecule has 0 amide bonds. The Morgan fingerprint density at radius 3 is 2.80 bits per heavy atom. The van der Waals surface area contributed by atoms with Crippen LogP contribution in [0.5, 0.6) is 5.75 Å². The van der Waals surface area contributed by atoms with Crippen LogP contribution < -0.4 is 0 Å². The van der Waals surface area contributed by atoms with Crippen LogP contribution in [0.3, 0.4) is 0 Å². The number of carboxylic acids is 1. The van der Waals surface area contributed by atoms with Crippen molar-refractivity contribution >= 4 is 5.97 Å². The molecule has 1 aliphatic rings. The van der Waals surface area contributed by atoms with Crippen molar-refractivity contribution in [1.82, 2.24) is 0 Å².